The number of amides is 2. The number of imide groups is 1. The van der Waals surface area contributed by atoms with E-state index in [9.17, 15) is 67.8 Å². The fourth-order valence-corrected chi connectivity index (χ4v) is 9.43. The third-order valence-electron chi connectivity index (χ3n) is 6.74. The van der Waals surface area contributed by atoms with Gasteiger partial charge in [-0.3, -0.25) is 24.0 Å². The van der Waals surface area contributed by atoms with Gasteiger partial charge in [0.2, 0.25) is 12.2 Å². The zero-order valence-corrected chi connectivity index (χ0v) is 28.7. The summed E-state index contributed by atoms with van der Waals surface area (Å²) in [4.78, 5) is 62.5. The molecular weight excluding hydrogens is 770 g/mol. The third kappa shape index (κ3) is 10.8. The number of aliphatic hydroxyl groups excluding tert-OH is 4. The predicted molar refractivity (Wildman–Crippen MR) is 155 cm³/mol. The number of ether oxygens (including phenoxy) is 4. The van der Waals surface area contributed by atoms with E-state index in [0.29, 0.717) is 5.75 Å². The normalized spacial score (nSPS) is 33.3. The van der Waals surface area contributed by atoms with Gasteiger partial charge in [-0.2, -0.15) is 12.9 Å². The van der Waals surface area contributed by atoms with Crippen LogP contribution < -0.4 is 14.8 Å². The molecule has 24 nitrogen and oxygen atoms in total. The number of methoxy groups -OCH3 is 1. The number of phosphoric acid groups is 4. The molecule has 3 heterocycles. The maximum Gasteiger partial charge on any atom is 0.490 e. The number of phosphoric ester groups is 2. The lowest BCUT2D eigenvalue weighted by Crippen LogP contribution is -2.42. The van der Waals surface area contributed by atoms with Gasteiger partial charge in [-0.25, -0.2) is 18.3 Å². The van der Waals surface area contributed by atoms with E-state index in [4.69, 9.17) is 18.9 Å². The van der Waals surface area contributed by atoms with Crippen molar-refractivity contribution in [1.29, 1.82) is 0 Å². The Balaban J connectivity index is 1.26. The van der Waals surface area contributed by atoms with E-state index < -0.39 is 105 Å². The van der Waals surface area contributed by atoms with E-state index in [-0.39, 0.29) is 17.7 Å². The van der Waals surface area contributed by atoms with Crippen molar-refractivity contribution in [3.63, 3.8) is 0 Å². The Bertz CT molecular complexity index is 1640. The van der Waals surface area contributed by atoms with Crippen LogP contribution in [0.5, 0.6) is 11.5 Å². The molecule has 0 aliphatic carbocycles. The molecule has 4 unspecified atom stereocenters. The minimum atomic E-state index is -6.20. The van der Waals surface area contributed by atoms with Crippen LogP contribution >= 0.6 is 31.3 Å². The van der Waals surface area contributed by atoms with Crippen molar-refractivity contribution in [3.05, 3.63) is 35.9 Å². The highest BCUT2D eigenvalue weighted by molar-refractivity contribution is 7.69. The first kappa shape index (κ1) is 40.8. The molecule has 9 N–H and O–H groups in total. The highest BCUT2D eigenvalue weighted by atomic mass is 31.3. The highest BCUT2D eigenvalue weighted by Crippen LogP contribution is 2.71. The van der Waals surface area contributed by atoms with Crippen molar-refractivity contribution in [2.45, 2.75) is 55.4 Å². The van der Waals surface area contributed by atoms with Crippen LogP contribution in [-0.2, 0) is 59.3 Å². The van der Waals surface area contributed by atoms with Crippen LogP contribution in [0.3, 0.4) is 0 Å². The number of benzene rings is 1. The summed E-state index contributed by atoms with van der Waals surface area (Å²) in [6.45, 7) is -2.27. The average Bonchev–Trinajstić information content (AvgIpc) is 3.42. The second-order valence-corrected chi connectivity index (χ2v) is 16.6. The minimum Gasteiger partial charge on any atom is -0.497 e. The summed E-state index contributed by atoms with van der Waals surface area (Å²) in [6.07, 6.45) is -12.7. The molecule has 1 aromatic rings. The van der Waals surface area contributed by atoms with E-state index in [1.807, 2.05) is 5.32 Å². The Morgan fingerprint density at radius 2 is 1.20 bits per heavy atom. The van der Waals surface area contributed by atoms with Gasteiger partial charge >= 0.3 is 31.3 Å². The zero-order chi connectivity index (χ0) is 37.2. The second kappa shape index (κ2) is 15.9. The molecule has 2 amide bonds. The van der Waals surface area contributed by atoms with Crippen LogP contribution in [0.25, 0.3) is 0 Å². The first-order chi connectivity index (χ1) is 23.1. The summed E-state index contributed by atoms with van der Waals surface area (Å²) in [5, 5.41) is 42.8. The number of hydrogen-bond acceptors (Lipinski definition) is 19. The van der Waals surface area contributed by atoms with Crippen LogP contribution in [0.1, 0.15) is 6.42 Å². The molecule has 12 atom stereocenters. The topological polar surface area (TPSA) is 359 Å². The molecule has 0 radical (unpaired) electrons. The molecule has 28 heteroatoms. The van der Waals surface area contributed by atoms with Gasteiger partial charge in [-0.15, -0.1) is 0 Å². The average molecular weight is 801 g/mol. The zero-order valence-electron chi connectivity index (χ0n) is 25.1. The van der Waals surface area contributed by atoms with Crippen molar-refractivity contribution < 1.29 is 109 Å². The lowest BCUT2D eigenvalue weighted by Gasteiger charge is -2.21. The first-order valence-electron chi connectivity index (χ1n) is 13.7. The van der Waals surface area contributed by atoms with Crippen LogP contribution in [-0.4, -0.2) is 121 Å². The van der Waals surface area contributed by atoms with Gasteiger partial charge in [0, 0.05) is 12.0 Å². The Labute approximate surface area is 280 Å². The van der Waals surface area contributed by atoms with Crippen LogP contribution in [0, 0.1) is 0 Å². The largest absolute Gasteiger partial charge is 0.497 e. The smallest absolute Gasteiger partial charge is 0.490 e. The van der Waals surface area contributed by atoms with Crippen molar-refractivity contribution in [3.8, 4) is 11.5 Å². The standard InChI is InChI=1S/C22H31NO23P4/c1-38-10-2-4-11(5-3-10)41-22-19(28)17(26)14(43-22)9-40-48(32,33)45-50(36,37)46-49(34,35)44-47(30,31)39-8-13-16(25)18(27)20(42-13)12-6-7-15(24)23-21(12)29/h2-6,13-14,16-20,22,25-28H,7-9H2,1H3,(H,30,31)(H,32,33)(H,34,35)(H,36,37)(H,23,24,29)/t13-,14-,16-,17-,18-,19-,20+,22-/m1/s1. The molecule has 0 bridgehead atoms. The first-order valence-corrected chi connectivity index (χ1v) is 19.7. The van der Waals surface area contributed by atoms with Gasteiger partial charge in [0.1, 0.15) is 54.2 Å². The van der Waals surface area contributed by atoms with Gasteiger partial charge in [0.15, 0.2) is 0 Å². The molecule has 282 valence electrons. The molecule has 4 rings (SSSR count). The van der Waals surface area contributed by atoms with Crippen LogP contribution in [0.2, 0.25) is 0 Å². The summed E-state index contributed by atoms with van der Waals surface area (Å²) in [5.74, 6) is -0.972. The van der Waals surface area contributed by atoms with E-state index in [1.165, 1.54) is 31.4 Å². The van der Waals surface area contributed by atoms with E-state index in [1.54, 1.807) is 0 Å². The Morgan fingerprint density at radius 1 is 0.720 bits per heavy atom. The Hall–Kier alpha value is -1.98. The molecule has 50 heavy (non-hydrogen) atoms. The minimum absolute atomic E-state index is 0.159. The Morgan fingerprint density at radius 3 is 1.72 bits per heavy atom. The quantitative estimate of drug-likeness (QED) is 0.0676. The van der Waals surface area contributed by atoms with Gasteiger partial charge < -0.3 is 58.9 Å². The van der Waals surface area contributed by atoms with E-state index in [0.717, 1.165) is 6.08 Å². The highest BCUT2D eigenvalue weighted by Gasteiger charge is 2.50. The number of nitrogens with one attached hydrogen (secondary N) is 1. The molecule has 3 aliphatic rings. The maximum atomic E-state index is 12.3. The number of hydrogen-bond donors (Lipinski definition) is 9. The summed E-state index contributed by atoms with van der Waals surface area (Å²) in [7, 11) is -22.5. The number of carbonyl (C=O) groups excluding carboxylic acids is 2. The SMILES string of the molecule is COc1ccc(O[C@@H]2O[C@H](COP(=O)(O)OP(=O)(O)OP(=O)(O)OP(=O)(O)OC[C@H]3O[C@@H](C4=CCC(=O)NC4=O)[C@H](O)[C@@H]3O)[C@@H](O)[C@H]2O)cc1. The van der Waals surface area contributed by atoms with E-state index in [2.05, 4.69) is 22.0 Å². The van der Waals surface area contributed by atoms with Crippen molar-refractivity contribution in [2.75, 3.05) is 20.3 Å². The van der Waals surface area contributed by atoms with Crippen LogP contribution in [0.15, 0.2) is 35.9 Å². The molecule has 0 spiro atoms. The maximum absolute atomic E-state index is 12.3. The summed E-state index contributed by atoms with van der Waals surface area (Å²) in [5.41, 5.74) is -0.258. The number of aliphatic hydroxyl groups is 4. The monoisotopic (exact) mass is 801 g/mol. The second-order valence-electron chi connectivity index (χ2n) is 10.3. The summed E-state index contributed by atoms with van der Waals surface area (Å²) >= 11 is 0. The molecule has 0 saturated carbocycles. The van der Waals surface area contributed by atoms with Gasteiger partial charge in [0.25, 0.3) is 5.91 Å². The van der Waals surface area contributed by atoms with Gasteiger partial charge in [-0.05, 0) is 24.3 Å². The van der Waals surface area contributed by atoms with Crippen LogP contribution in [0.4, 0.5) is 0 Å². The summed E-state index contributed by atoms with van der Waals surface area (Å²) in [6, 6.07) is 5.88. The van der Waals surface area contributed by atoms with Crippen molar-refractivity contribution in [1.82, 2.24) is 5.32 Å². The third-order valence-corrected chi connectivity index (χ3v) is 12.6. The fraction of sp³-hybridized carbons (Fsp3) is 0.545. The molecular formula is C22H31NO23P4. The van der Waals surface area contributed by atoms with Gasteiger partial charge in [-0.1, -0.05) is 6.08 Å². The lowest BCUT2D eigenvalue weighted by atomic mass is 9.98. The fourth-order valence-electron chi connectivity index (χ4n) is 4.48. The lowest BCUT2D eigenvalue weighted by molar-refractivity contribution is -0.130. The molecule has 1 aromatic carbocycles. The predicted octanol–water partition coefficient (Wildman–Crippen LogP) is -1.53. The van der Waals surface area contributed by atoms with Gasteiger partial charge in [0.05, 0.1) is 20.3 Å². The molecule has 3 aliphatic heterocycles. The number of carbonyl (C=O) groups is 2. The van der Waals surface area contributed by atoms with Crippen molar-refractivity contribution >= 4 is 43.1 Å². The summed E-state index contributed by atoms with van der Waals surface area (Å²) < 4.78 is 90.2. The number of rotatable bonds is 16. The Kier molecular flexibility index (Phi) is 13.0. The molecule has 2 fully saturated rings. The van der Waals surface area contributed by atoms with Crippen molar-refractivity contribution in [2.24, 2.45) is 0 Å². The molecule has 0 aromatic heterocycles. The molecule has 2 saturated heterocycles. The van der Waals surface area contributed by atoms with E-state index >= 15 is 0 Å².